The topological polar surface area (TPSA) is 27.7 Å². The lowest BCUT2D eigenvalue weighted by atomic mass is 9.89. The Balaban J connectivity index is 6.91. The first kappa shape index (κ1) is 46.1. The molecular weight excluding hydrogens is 779 g/mol. The lowest BCUT2D eigenvalue weighted by molar-refractivity contribution is -0.436. The van der Waals surface area contributed by atoms with Crippen LogP contribution in [0.3, 0.4) is 0 Å². The van der Waals surface area contributed by atoms with E-state index in [0.29, 0.717) is 21.3 Å². The van der Waals surface area contributed by atoms with Crippen molar-refractivity contribution in [2.24, 2.45) is 0 Å². The quantitative estimate of drug-likeness (QED) is 0.0836. The third-order valence-electron chi connectivity index (χ3n) is 6.20. The van der Waals surface area contributed by atoms with Crippen LogP contribution >= 0.6 is 0 Å². The molecule has 0 saturated carbocycles. The smallest absolute Gasteiger partial charge is 0.377 e. The molecule has 0 fully saturated rings. The Labute approximate surface area is 250 Å². The normalized spacial score (nSPS) is 16.7. The van der Waals surface area contributed by atoms with E-state index in [1.54, 1.807) is 0 Å². The van der Waals surface area contributed by atoms with E-state index < -0.39 is 105 Å². The Morgan fingerprint density at radius 1 is 0.375 bits per heavy atom. The summed E-state index contributed by atoms with van der Waals surface area (Å²) < 4.78 is 350. The number of halogens is 25. The molecule has 29 heteroatoms. The van der Waals surface area contributed by atoms with Crippen LogP contribution in [0, 0.1) is 0 Å². The monoisotopic (exact) mass is 794 g/mol. The van der Waals surface area contributed by atoms with Crippen LogP contribution in [-0.2, 0) is 13.3 Å². The molecule has 0 saturated heterocycles. The second-order valence-corrected chi connectivity index (χ2v) is 12.3. The molecular formula is C19H15F25O3Si. The van der Waals surface area contributed by atoms with Gasteiger partial charge in [0, 0.05) is 33.8 Å². The molecule has 0 unspecified atom stereocenters. The van der Waals surface area contributed by atoms with Gasteiger partial charge in [0.05, 0.1) is 0 Å². The number of hydrogen-bond donors (Lipinski definition) is 0. The molecule has 0 spiro atoms. The van der Waals surface area contributed by atoms with Gasteiger partial charge in [-0.1, -0.05) is 0 Å². The van der Waals surface area contributed by atoms with Crippen LogP contribution in [0.15, 0.2) is 12.2 Å². The van der Waals surface area contributed by atoms with Crippen LogP contribution < -0.4 is 0 Å². The SMILES string of the molecule is CO[Si](CCC(F)(F)C(F)(F)C(F)(F)C(F)(F)C(F)(F)C(F)(F)C=CC(F)(F)C(F)(F)C(F)(F)C(F)(F)C(F)(F)C(F)(F)F)(OC)OC. The summed E-state index contributed by atoms with van der Waals surface area (Å²) in [7, 11) is -2.78. The molecule has 0 radical (unpaired) electrons. The number of rotatable bonds is 17. The Kier molecular flexibility index (Phi) is 12.2. The zero-order chi connectivity index (χ0) is 39.4. The molecule has 48 heavy (non-hydrogen) atoms. The first-order valence-electron chi connectivity index (χ1n) is 11.2. The van der Waals surface area contributed by atoms with Gasteiger partial charge in [-0.25, -0.2) is 0 Å². The third-order valence-corrected chi connectivity index (χ3v) is 8.93. The summed E-state index contributed by atoms with van der Waals surface area (Å²) in [5, 5.41) is 0. The Hall–Kier alpha value is -1.91. The van der Waals surface area contributed by atoms with E-state index in [1.165, 1.54) is 0 Å². The molecule has 0 N–H and O–H groups in total. The van der Waals surface area contributed by atoms with Crippen LogP contribution in [0.4, 0.5) is 110 Å². The largest absolute Gasteiger partial charge is 0.500 e. The maximum absolute atomic E-state index is 14.1. The van der Waals surface area contributed by atoms with Crippen molar-refractivity contribution in [2.75, 3.05) is 21.3 Å². The van der Waals surface area contributed by atoms with Gasteiger partial charge in [0.2, 0.25) is 0 Å². The van der Waals surface area contributed by atoms with Gasteiger partial charge in [0.1, 0.15) is 0 Å². The molecule has 0 heterocycles. The van der Waals surface area contributed by atoms with Gasteiger partial charge in [-0.2, -0.15) is 110 Å². The van der Waals surface area contributed by atoms with Gasteiger partial charge in [-0.15, -0.1) is 0 Å². The van der Waals surface area contributed by atoms with E-state index in [0.717, 1.165) is 0 Å². The van der Waals surface area contributed by atoms with Crippen LogP contribution in [0.5, 0.6) is 0 Å². The number of alkyl halides is 25. The van der Waals surface area contributed by atoms with Crippen LogP contribution in [0.1, 0.15) is 6.42 Å². The Morgan fingerprint density at radius 2 is 0.625 bits per heavy atom. The second-order valence-electron chi connectivity index (χ2n) is 9.17. The van der Waals surface area contributed by atoms with Crippen LogP contribution in [0.2, 0.25) is 6.04 Å². The molecule has 3 nitrogen and oxygen atoms in total. The molecule has 0 aromatic heterocycles. The molecule has 0 atom stereocenters. The van der Waals surface area contributed by atoms with Crippen molar-refractivity contribution >= 4 is 8.80 Å². The standard InChI is InChI=1S/C19H15F25O3Si/c1-45-48(46-2,47-3)7-6-10(24,25)13(30,31)15(34,35)14(32,33)11(26,27)8(20,21)4-5-9(22,23)12(28,29)16(36,37)17(38,39)18(40,41)19(42,43)44/h4-5H,6-7H2,1-3H3. The van der Waals surface area contributed by atoms with Gasteiger partial charge in [0.25, 0.3) is 0 Å². The molecule has 0 bridgehead atoms. The van der Waals surface area contributed by atoms with E-state index in [9.17, 15) is 110 Å². The van der Waals surface area contributed by atoms with E-state index in [4.69, 9.17) is 0 Å². The molecule has 0 aromatic carbocycles. The first-order chi connectivity index (χ1) is 20.6. The van der Waals surface area contributed by atoms with Crippen molar-refractivity contribution in [3.8, 4) is 0 Å². The average Bonchev–Trinajstić information content (AvgIpc) is 2.91. The van der Waals surface area contributed by atoms with Gasteiger partial charge < -0.3 is 13.3 Å². The summed E-state index contributed by atoms with van der Waals surface area (Å²) in [4.78, 5) is 0. The molecule has 0 aliphatic rings. The van der Waals surface area contributed by atoms with Crippen molar-refractivity contribution in [3.63, 3.8) is 0 Å². The molecule has 0 aliphatic carbocycles. The predicted octanol–water partition coefficient (Wildman–Crippen LogP) is 9.36. The van der Waals surface area contributed by atoms with Crippen LogP contribution in [0.25, 0.3) is 0 Å². The van der Waals surface area contributed by atoms with Gasteiger partial charge in [-0.05, 0) is 12.2 Å². The third kappa shape index (κ3) is 6.63. The van der Waals surface area contributed by atoms with E-state index in [1.807, 2.05) is 0 Å². The fourth-order valence-corrected chi connectivity index (χ4v) is 4.79. The maximum Gasteiger partial charge on any atom is 0.500 e. The maximum atomic E-state index is 14.1. The highest BCUT2D eigenvalue weighted by atomic mass is 28.4. The minimum atomic E-state index is -8.73. The number of allylic oxidation sites excluding steroid dienone is 2. The minimum absolute atomic E-state index is 0.582. The van der Waals surface area contributed by atoms with Crippen molar-refractivity contribution < 1.29 is 123 Å². The van der Waals surface area contributed by atoms with E-state index in [2.05, 4.69) is 13.3 Å². The summed E-state index contributed by atoms with van der Waals surface area (Å²) in [6.07, 6.45) is -16.7. The lowest BCUT2D eigenvalue weighted by Crippen LogP contribution is -2.70. The summed E-state index contributed by atoms with van der Waals surface area (Å²) in [5.74, 6) is -89.9. The van der Waals surface area contributed by atoms with Crippen LogP contribution in [-0.4, -0.2) is 101 Å². The highest BCUT2D eigenvalue weighted by Crippen LogP contribution is 2.63. The Morgan fingerprint density at radius 3 is 0.875 bits per heavy atom. The van der Waals surface area contributed by atoms with Crippen molar-refractivity contribution in [2.45, 2.75) is 83.8 Å². The van der Waals surface area contributed by atoms with Gasteiger partial charge in [-0.3, -0.25) is 0 Å². The summed E-state index contributed by atoms with van der Waals surface area (Å²) in [6.45, 7) is 0. The predicted molar refractivity (Wildman–Crippen MR) is 106 cm³/mol. The van der Waals surface area contributed by atoms with E-state index >= 15 is 0 Å². The van der Waals surface area contributed by atoms with Crippen molar-refractivity contribution in [3.05, 3.63) is 12.2 Å². The molecule has 288 valence electrons. The zero-order valence-corrected chi connectivity index (χ0v) is 23.7. The minimum Gasteiger partial charge on any atom is -0.377 e. The Bertz CT molecular complexity index is 1130. The molecule has 0 aliphatic heterocycles. The average molecular weight is 794 g/mol. The molecule has 0 rings (SSSR count). The highest BCUT2D eigenvalue weighted by Gasteiger charge is 2.92. The molecule has 0 aromatic rings. The van der Waals surface area contributed by atoms with E-state index in [-0.39, 0.29) is 0 Å². The number of hydrogen-bond acceptors (Lipinski definition) is 3. The molecule has 0 amide bonds. The fraction of sp³-hybridized carbons (Fsp3) is 0.895. The lowest BCUT2D eigenvalue weighted by Gasteiger charge is -2.41. The van der Waals surface area contributed by atoms with Crippen molar-refractivity contribution in [1.29, 1.82) is 0 Å². The summed E-state index contributed by atoms with van der Waals surface area (Å²) in [5.41, 5.74) is 0. The second kappa shape index (κ2) is 12.7. The summed E-state index contributed by atoms with van der Waals surface area (Å²) >= 11 is 0. The van der Waals surface area contributed by atoms with Gasteiger partial charge >= 0.3 is 80.1 Å². The highest BCUT2D eigenvalue weighted by molar-refractivity contribution is 6.60. The summed E-state index contributed by atoms with van der Waals surface area (Å²) in [6, 6.07) is -1.72. The van der Waals surface area contributed by atoms with Crippen molar-refractivity contribution in [1.82, 2.24) is 0 Å². The first-order valence-corrected chi connectivity index (χ1v) is 13.1. The zero-order valence-electron chi connectivity index (χ0n) is 22.7. The van der Waals surface area contributed by atoms with Gasteiger partial charge in [0.15, 0.2) is 0 Å². The fourth-order valence-electron chi connectivity index (χ4n) is 3.06.